The largest absolute Gasteiger partial charge is 0.508 e. The lowest BCUT2D eigenvalue weighted by Crippen LogP contribution is -2.42. The number of rotatable bonds is 4. The van der Waals surface area contributed by atoms with Crippen molar-refractivity contribution in [3.05, 3.63) is 23.8 Å². The maximum Gasteiger partial charge on any atom is 0.247 e. The Bertz CT molecular complexity index is 519. The summed E-state index contributed by atoms with van der Waals surface area (Å²) in [4.78, 5) is 14.1. The van der Waals surface area contributed by atoms with Crippen LogP contribution < -0.4 is 4.90 Å². The normalized spacial score (nSPS) is 13.4. The number of carbonyl (C=O) groups excluding carboxylic acids is 1. The van der Waals surface area contributed by atoms with Crippen LogP contribution in [0.5, 0.6) is 5.75 Å². The van der Waals surface area contributed by atoms with Gasteiger partial charge in [-0.25, -0.2) is 0 Å². The number of aryl methyl sites for hydroxylation is 1. The van der Waals surface area contributed by atoms with E-state index in [-0.39, 0.29) is 11.7 Å². The second-order valence-electron chi connectivity index (χ2n) is 4.82. The standard InChI is InChI=1S/C15H20N2O2/c1-5-15(4,10-16)14(19)17(6-2)13-9-12(18)8-7-11(13)3/h7-9,18H,5-6H2,1-4H3. The van der Waals surface area contributed by atoms with Crippen LogP contribution in [0.2, 0.25) is 0 Å². The molecule has 0 heterocycles. The van der Waals surface area contributed by atoms with Crippen molar-refractivity contribution in [2.24, 2.45) is 5.41 Å². The average Bonchev–Trinajstić information content (AvgIpc) is 2.42. The monoisotopic (exact) mass is 260 g/mol. The van der Waals surface area contributed by atoms with E-state index in [1.165, 1.54) is 0 Å². The Morgan fingerprint density at radius 2 is 2.11 bits per heavy atom. The highest BCUT2D eigenvalue weighted by molar-refractivity contribution is 5.99. The Morgan fingerprint density at radius 1 is 1.47 bits per heavy atom. The number of carbonyl (C=O) groups is 1. The number of phenols is 1. The Hall–Kier alpha value is -2.02. The molecule has 0 fully saturated rings. The lowest BCUT2D eigenvalue weighted by molar-refractivity contribution is -0.124. The molecule has 102 valence electrons. The highest BCUT2D eigenvalue weighted by Gasteiger charge is 2.35. The molecule has 0 spiro atoms. The summed E-state index contributed by atoms with van der Waals surface area (Å²) in [6.07, 6.45) is 0.455. The lowest BCUT2D eigenvalue weighted by Gasteiger charge is -2.29. The molecular formula is C15H20N2O2. The van der Waals surface area contributed by atoms with Gasteiger partial charge in [0, 0.05) is 12.6 Å². The van der Waals surface area contributed by atoms with Crippen molar-refractivity contribution in [2.45, 2.75) is 34.1 Å². The van der Waals surface area contributed by atoms with Crippen molar-refractivity contribution in [1.29, 1.82) is 5.26 Å². The first kappa shape index (κ1) is 15.0. The molecule has 1 aromatic rings. The van der Waals surface area contributed by atoms with Crippen molar-refractivity contribution in [3.8, 4) is 11.8 Å². The summed E-state index contributed by atoms with van der Waals surface area (Å²) < 4.78 is 0. The highest BCUT2D eigenvalue weighted by Crippen LogP contribution is 2.30. The van der Waals surface area contributed by atoms with Crippen LogP contribution in [0.25, 0.3) is 0 Å². The van der Waals surface area contributed by atoms with E-state index in [9.17, 15) is 15.2 Å². The summed E-state index contributed by atoms with van der Waals surface area (Å²) in [6, 6.07) is 7.00. The zero-order chi connectivity index (χ0) is 14.6. The Labute approximate surface area is 114 Å². The van der Waals surface area contributed by atoms with E-state index in [1.807, 2.05) is 20.8 Å². The Kier molecular flexibility index (Phi) is 4.55. The van der Waals surface area contributed by atoms with Crippen molar-refractivity contribution in [1.82, 2.24) is 0 Å². The van der Waals surface area contributed by atoms with Gasteiger partial charge in [0.05, 0.1) is 11.8 Å². The van der Waals surface area contributed by atoms with Crippen LogP contribution >= 0.6 is 0 Å². The van der Waals surface area contributed by atoms with Crippen LogP contribution in [0.3, 0.4) is 0 Å². The van der Waals surface area contributed by atoms with Gasteiger partial charge in [0.15, 0.2) is 0 Å². The first-order valence-corrected chi connectivity index (χ1v) is 6.42. The summed E-state index contributed by atoms with van der Waals surface area (Å²) in [5.41, 5.74) is 0.514. The van der Waals surface area contributed by atoms with Gasteiger partial charge in [0.1, 0.15) is 11.2 Å². The van der Waals surface area contributed by atoms with Crippen LogP contribution in [0.1, 0.15) is 32.8 Å². The number of hydrogen-bond donors (Lipinski definition) is 1. The minimum atomic E-state index is -1.03. The molecular weight excluding hydrogens is 240 g/mol. The molecule has 1 N–H and O–H groups in total. The van der Waals surface area contributed by atoms with Crippen molar-refractivity contribution >= 4 is 11.6 Å². The molecule has 0 aliphatic heterocycles. The van der Waals surface area contributed by atoms with E-state index >= 15 is 0 Å². The molecule has 0 aliphatic rings. The molecule has 0 aromatic heterocycles. The number of hydrogen-bond acceptors (Lipinski definition) is 3. The molecule has 1 atom stereocenters. The molecule has 1 amide bonds. The van der Waals surface area contributed by atoms with Crippen molar-refractivity contribution in [3.63, 3.8) is 0 Å². The van der Waals surface area contributed by atoms with E-state index in [0.29, 0.717) is 18.7 Å². The highest BCUT2D eigenvalue weighted by atomic mass is 16.3. The van der Waals surface area contributed by atoms with Gasteiger partial charge in [-0.3, -0.25) is 4.79 Å². The minimum Gasteiger partial charge on any atom is -0.508 e. The molecule has 1 rings (SSSR count). The summed E-state index contributed by atoms with van der Waals surface area (Å²) in [5.74, 6) is -0.115. The molecule has 0 saturated carbocycles. The molecule has 1 unspecified atom stereocenters. The van der Waals surface area contributed by atoms with Crippen LogP contribution in [0.4, 0.5) is 5.69 Å². The van der Waals surface area contributed by atoms with Gasteiger partial charge in [0.2, 0.25) is 5.91 Å². The molecule has 0 radical (unpaired) electrons. The molecule has 0 aliphatic carbocycles. The first-order chi connectivity index (χ1) is 8.89. The lowest BCUT2D eigenvalue weighted by atomic mass is 9.87. The number of phenolic OH excluding ortho intramolecular Hbond substituents is 1. The van der Waals surface area contributed by atoms with Gasteiger partial charge >= 0.3 is 0 Å². The number of amides is 1. The molecule has 19 heavy (non-hydrogen) atoms. The first-order valence-electron chi connectivity index (χ1n) is 6.42. The minimum absolute atomic E-state index is 0.113. The number of nitrogens with zero attached hydrogens (tertiary/aromatic N) is 2. The van der Waals surface area contributed by atoms with E-state index in [2.05, 4.69) is 6.07 Å². The Balaban J connectivity index is 3.25. The SMILES string of the molecule is CCN(C(=O)C(C)(C#N)CC)c1cc(O)ccc1C. The van der Waals surface area contributed by atoms with Crippen LogP contribution in [-0.4, -0.2) is 17.6 Å². The molecule has 4 nitrogen and oxygen atoms in total. The second-order valence-corrected chi connectivity index (χ2v) is 4.82. The third kappa shape index (κ3) is 2.87. The van der Waals surface area contributed by atoms with Crippen LogP contribution in [0.15, 0.2) is 18.2 Å². The average molecular weight is 260 g/mol. The molecule has 0 bridgehead atoms. The maximum absolute atomic E-state index is 12.5. The number of nitriles is 1. The number of anilines is 1. The predicted molar refractivity (Wildman–Crippen MR) is 74.9 cm³/mol. The molecule has 0 saturated heterocycles. The summed E-state index contributed by atoms with van der Waals surface area (Å²) >= 11 is 0. The van der Waals surface area contributed by atoms with Gasteiger partial charge < -0.3 is 10.0 Å². The maximum atomic E-state index is 12.5. The van der Waals surface area contributed by atoms with Gasteiger partial charge in [-0.2, -0.15) is 5.26 Å². The van der Waals surface area contributed by atoms with E-state index in [0.717, 1.165) is 5.56 Å². The van der Waals surface area contributed by atoms with Crippen LogP contribution in [-0.2, 0) is 4.79 Å². The summed E-state index contributed by atoms with van der Waals surface area (Å²) in [7, 11) is 0. The van der Waals surface area contributed by atoms with Crippen molar-refractivity contribution < 1.29 is 9.90 Å². The van der Waals surface area contributed by atoms with Gasteiger partial charge in [0.25, 0.3) is 0 Å². The number of benzene rings is 1. The topological polar surface area (TPSA) is 64.3 Å². The number of aromatic hydroxyl groups is 1. The predicted octanol–water partition coefficient (Wildman–Crippen LogP) is 2.99. The quantitative estimate of drug-likeness (QED) is 0.905. The van der Waals surface area contributed by atoms with Gasteiger partial charge in [-0.05, 0) is 38.8 Å². The van der Waals surface area contributed by atoms with Crippen LogP contribution in [0, 0.1) is 23.7 Å². The van der Waals surface area contributed by atoms with Crippen molar-refractivity contribution in [2.75, 3.05) is 11.4 Å². The third-order valence-corrected chi connectivity index (χ3v) is 3.47. The van der Waals surface area contributed by atoms with E-state index in [1.54, 1.807) is 30.0 Å². The Morgan fingerprint density at radius 3 is 2.58 bits per heavy atom. The fraction of sp³-hybridized carbons (Fsp3) is 0.467. The fourth-order valence-electron chi connectivity index (χ4n) is 1.89. The summed E-state index contributed by atoms with van der Waals surface area (Å²) in [6.45, 7) is 7.66. The zero-order valence-corrected chi connectivity index (χ0v) is 11.9. The summed E-state index contributed by atoms with van der Waals surface area (Å²) in [5, 5.41) is 18.8. The molecule has 1 aromatic carbocycles. The van der Waals surface area contributed by atoms with E-state index in [4.69, 9.17) is 0 Å². The van der Waals surface area contributed by atoms with E-state index < -0.39 is 5.41 Å². The fourth-order valence-corrected chi connectivity index (χ4v) is 1.89. The zero-order valence-electron chi connectivity index (χ0n) is 11.9. The third-order valence-electron chi connectivity index (χ3n) is 3.47. The van der Waals surface area contributed by atoms with Gasteiger partial charge in [-0.15, -0.1) is 0 Å². The second kappa shape index (κ2) is 5.75. The van der Waals surface area contributed by atoms with Gasteiger partial charge in [-0.1, -0.05) is 13.0 Å². The molecule has 4 heteroatoms. The smallest absolute Gasteiger partial charge is 0.247 e.